The zero-order valence-electron chi connectivity index (χ0n) is 17.7. The number of ether oxygens (including phenoxy) is 1. The summed E-state index contributed by atoms with van der Waals surface area (Å²) in [5.74, 6) is 2.45. The maximum atomic E-state index is 6.38. The van der Waals surface area contributed by atoms with Crippen molar-refractivity contribution in [3.8, 4) is 22.8 Å². The van der Waals surface area contributed by atoms with Crippen LogP contribution in [-0.4, -0.2) is 51.8 Å². The zero-order chi connectivity index (χ0) is 21.7. The standard InChI is InChI=1S/C24H23ClN6O/c1-32-20-11-15(10-16(25)12-20)23-28-21-4-5-22(30-14-17-2-3-19(30)13-27-17)29-24(21)31(23)18-6-8-26-9-7-18/h4-12,17,19,27H,2-3,13-14H2,1H3. The van der Waals surface area contributed by atoms with E-state index in [9.17, 15) is 0 Å². The Hall–Kier alpha value is -3.16. The van der Waals surface area contributed by atoms with E-state index in [4.69, 9.17) is 26.3 Å². The Morgan fingerprint density at radius 2 is 1.94 bits per heavy atom. The monoisotopic (exact) mass is 446 g/mol. The van der Waals surface area contributed by atoms with Crippen molar-refractivity contribution in [2.24, 2.45) is 0 Å². The lowest BCUT2D eigenvalue weighted by Crippen LogP contribution is -2.61. The molecule has 8 heteroatoms. The van der Waals surface area contributed by atoms with Crippen LogP contribution in [0.5, 0.6) is 5.75 Å². The highest BCUT2D eigenvalue weighted by Crippen LogP contribution is 2.34. The molecule has 3 fully saturated rings. The third-order valence-corrected chi connectivity index (χ3v) is 6.64. The number of aromatic nitrogens is 4. The predicted octanol–water partition coefficient (Wildman–Crippen LogP) is 4.09. The highest BCUT2D eigenvalue weighted by Gasteiger charge is 2.34. The van der Waals surface area contributed by atoms with Gasteiger partial charge in [0.15, 0.2) is 5.65 Å². The van der Waals surface area contributed by atoms with Gasteiger partial charge in [-0.3, -0.25) is 9.55 Å². The van der Waals surface area contributed by atoms with Crippen LogP contribution in [0.3, 0.4) is 0 Å². The van der Waals surface area contributed by atoms with E-state index in [0.29, 0.717) is 22.9 Å². The molecule has 6 heterocycles. The number of methoxy groups -OCH3 is 1. The van der Waals surface area contributed by atoms with E-state index in [2.05, 4.69) is 31.9 Å². The van der Waals surface area contributed by atoms with E-state index in [1.165, 1.54) is 12.8 Å². The first-order valence-electron chi connectivity index (χ1n) is 10.8. The quantitative estimate of drug-likeness (QED) is 0.509. The molecule has 3 saturated heterocycles. The Balaban J connectivity index is 1.55. The maximum Gasteiger partial charge on any atom is 0.167 e. The maximum absolute atomic E-state index is 6.38. The molecule has 7 rings (SSSR count). The van der Waals surface area contributed by atoms with Crippen LogP contribution in [0.1, 0.15) is 12.8 Å². The summed E-state index contributed by atoms with van der Waals surface area (Å²) in [7, 11) is 1.64. The van der Waals surface area contributed by atoms with Crippen LogP contribution in [0.25, 0.3) is 28.2 Å². The molecule has 1 aromatic carbocycles. The van der Waals surface area contributed by atoms with Crippen molar-refractivity contribution in [1.82, 2.24) is 24.8 Å². The lowest BCUT2D eigenvalue weighted by Gasteiger charge is -2.46. The minimum absolute atomic E-state index is 0.485. The highest BCUT2D eigenvalue weighted by atomic mass is 35.5. The first kappa shape index (κ1) is 19.5. The largest absolute Gasteiger partial charge is 0.497 e. The van der Waals surface area contributed by atoms with E-state index in [-0.39, 0.29) is 0 Å². The number of benzene rings is 1. The molecule has 2 bridgehead atoms. The summed E-state index contributed by atoms with van der Waals surface area (Å²) in [6.45, 7) is 2.01. The molecule has 0 saturated carbocycles. The Kier molecular flexibility index (Phi) is 4.73. The van der Waals surface area contributed by atoms with Gasteiger partial charge < -0.3 is 15.0 Å². The molecular formula is C24H23ClN6O. The Morgan fingerprint density at radius 3 is 2.66 bits per heavy atom. The van der Waals surface area contributed by atoms with Gasteiger partial charge in [0.1, 0.15) is 22.9 Å². The summed E-state index contributed by atoms with van der Waals surface area (Å²) in [4.78, 5) is 16.7. The number of nitrogens with one attached hydrogen (secondary N) is 1. The molecule has 2 unspecified atom stereocenters. The summed E-state index contributed by atoms with van der Waals surface area (Å²) >= 11 is 6.38. The van der Waals surface area contributed by atoms with E-state index >= 15 is 0 Å². The van der Waals surface area contributed by atoms with Crippen molar-refractivity contribution in [3.63, 3.8) is 0 Å². The lowest BCUT2D eigenvalue weighted by molar-refractivity contribution is 0.289. The molecule has 7 nitrogen and oxygen atoms in total. The lowest BCUT2D eigenvalue weighted by atomic mass is 9.93. The molecule has 3 aliphatic heterocycles. The third kappa shape index (κ3) is 3.29. The molecule has 3 aliphatic rings. The van der Waals surface area contributed by atoms with Crippen molar-refractivity contribution < 1.29 is 4.74 Å². The molecule has 0 radical (unpaired) electrons. The third-order valence-electron chi connectivity index (χ3n) is 6.42. The fraction of sp³-hybridized carbons (Fsp3) is 0.292. The van der Waals surface area contributed by atoms with Gasteiger partial charge in [-0.25, -0.2) is 9.97 Å². The van der Waals surface area contributed by atoms with Gasteiger partial charge >= 0.3 is 0 Å². The summed E-state index contributed by atoms with van der Waals surface area (Å²) < 4.78 is 7.52. The van der Waals surface area contributed by atoms with Crippen molar-refractivity contribution in [3.05, 3.63) is 59.9 Å². The number of anilines is 1. The summed E-state index contributed by atoms with van der Waals surface area (Å²) in [5, 5.41) is 4.21. The molecule has 3 aromatic heterocycles. The van der Waals surface area contributed by atoms with Gasteiger partial charge in [-0.2, -0.15) is 0 Å². The van der Waals surface area contributed by atoms with Gasteiger partial charge in [0.25, 0.3) is 0 Å². The number of hydrogen-bond donors (Lipinski definition) is 1. The van der Waals surface area contributed by atoms with Crippen LogP contribution in [-0.2, 0) is 0 Å². The second-order valence-electron chi connectivity index (χ2n) is 8.36. The molecule has 162 valence electrons. The number of imidazole rings is 1. The van der Waals surface area contributed by atoms with Crippen LogP contribution in [0.2, 0.25) is 5.02 Å². The molecule has 2 atom stereocenters. The highest BCUT2D eigenvalue weighted by molar-refractivity contribution is 6.31. The first-order valence-corrected chi connectivity index (χ1v) is 11.2. The van der Waals surface area contributed by atoms with Gasteiger partial charge in [-0.1, -0.05) is 11.6 Å². The van der Waals surface area contributed by atoms with Crippen molar-refractivity contribution in [1.29, 1.82) is 0 Å². The topological polar surface area (TPSA) is 68.1 Å². The van der Waals surface area contributed by atoms with Gasteiger partial charge in [-0.15, -0.1) is 0 Å². The van der Waals surface area contributed by atoms with E-state index in [0.717, 1.165) is 47.1 Å². The van der Waals surface area contributed by atoms with Gasteiger partial charge in [-0.05, 0) is 55.3 Å². The number of piperidine rings is 2. The normalized spacial score (nSPS) is 20.1. The Labute approximate surface area is 191 Å². The van der Waals surface area contributed by atoms with Crippen LogP contribution >= 0.6 is 11.6 Å². The van der Waals surface area contributed by atoms with Gasteiger partial charge in [0, 0.05) is 48.2 Å². The summed E-state index contributed by atoms with van der Waals surface area (Å²) in [5.41, 5.74) is 3.46. The van der Waals surface area contributed by atoms with Crippen LogP contribution < -0.4 is 15.0 Å². The van der Waals surface area contributed by atoms with E-state index < -0.39 is 0 Å². The SMILES string of the molecule is COc1cc(Cl)cc(-c2nc3ccc(N4CC5CCC4CN5)nc3n2-c2ccncc2)c1. The second-order valence-corrected chi connectivity index (χ2v) is 8.79. The average molecular weight is 447 g/mol. The molecule has 1 N–H and O–H groups in total. The number of rotatable bonds is 4. The number of pyridine rings is 2. The Morgan fingerprint density at radius 1 is 1.06 bits per heavy atom. The summed E-state index contributed by atoms with van der Waals surface area (Å²) in [6, 6.07) is 14.8. The van der Waals surface area contributed by atoms with Crippen molar-refractivity contribution in [2.75, 3.05) is 25.1 Å². The van der Waals surface area contributed by atoms with Gasteiger partial charge in [0.2, 0.25) is 0 Å². The number of piperazine rings is 1. The van der Waals surface area contributed by atoms with Crippen molar-refractivity contribution in [2.45, 2.75) is 24.9 Å². The molecule has 4 aromatic rings. The molecule has 0 amide bonds. The second kappa shape index (κ2) is 7.76. The number of hydrogen-bond acceptors (Lipinski definition) is 6. The molecule has 0 aliphatic carbocycles. The molecule has 32 heavy (non-hydrogen) atoms. The average Bonchev–Trinajstić information content (AvgIpc) is 3.23. The minimum Gasteiger partial charge on any atom is -0.497 e. The van der Waals surface area contributed by atoms with E-state index in [1.807, 2.05) is 24.3 Å². The number of nitrogens with zero attached hydrogens (tertiary/aromatic N) is 5. The number of halogens is 1. The fourth-order valence-corrected chi connectivity index (χ4v) is 5.06. The minimum atomic E-state index is 0.485. The van der Waals surface area contributed by atoms with Crippen LogP contribution in [0.15, 0.2) is 54.9 Å². The smallest absolute Gasteiger partial charge is 0.167 e. The molecule has 0 spiro atoms. The van der Waals surface area contributed by atoms with Gasteiger partial charge in [0.05, 0.1) is 12.8 Å². The van der Waals surface area contributed by atoms with Crippen molar-refractivity contribution >= 4 is 28.6 Å². The predicted molar refractivity (Wildman–Crippen MR) is 126 cm³/mol. The zero-order valence-corrected chi connectivity index (χ0v) is 18.5. The van der Waals surface area contributed by atoms with E-state index in [1.54, 1.807) is 25.6 Å². The van der Waals surface area contributed by atoms with Crippen LogP contribution in [0.4, 0.5) is 5.82 Å². The fourth-order valence-electron chi connectivity index (χ4n) is 4.84. The Bertz CT molecular complexity index is 1280. The van der Waals surface area contributed by atoms with Crippen LogP contribution in [0, 0.1) is 0 Å². The number of fused-ring (bicyclic) bond motifs is 4. The molecular weight excluding hydrogens is 424 g/mol. The summed E-state index contributed by atoms with van der Waals surface area (Å²) in [6.07, 6.45) is 6.00. The first-order chi connectivity index (χ1) is 15.7.